The summed E-state index contributed by atoms with van der Waals surface area (Å²) in [7, 11) is 0. The third-order valence-electron chi connectivity index (χ3n) is 4.46. The number of likely N-dealkylation sites (tertiary alicyclic amines) is 1. The molecule has 1 aliphatic rings. The first kappa shape index (κ1) is 19.8. The average Bonchev–Trinajstić information content (AvgIpc) is 3.02. The fraction of sp³-hybridized carbons (Fsp3) is 0.526. The maximum Gasteiger partial charge on any atom is 0.305 e. The van der Waals surface area contributed by atoms with E-state index in [1.165, 1.54) is 6.92 Å². The standard InChI is InChI=1S/C19H26N2O5/c1-3-26-17-9-5-4-8-15(17)16(20-13(2)22)12-18(23)21-10-6-7-14(21)11-19(24)25/h4-5,8-9,14,16H,3,6-7,10-12H2,1-2H3,(H,20,22)(H,24,25). The molecule has 26 heavy (non-hydrogen) atoms. The minimum atomic E-state index is -0.908. The van der Waals surface area contributed by atoms with Gasteiger partial charge in [0.25, 0.3) is 0 Å². The van der Waals surface area contributed by atoms with Crippen LogP contribution in [0.25, 0.3) is 0 Å². The molecule has 1 aromatic rings. The Labute approximate surface area is 153 Å². The van der Waals surface area contributed by atoms with Gasteiger partial charge in [-0.05, 0) is 25.8 Å². The lowest BCUT2D eigenvalue weighted by Crippen LogP contribution is -2.39. The Morgan fingerprint density at radius 2 is 2.08 bits per heavy atom. The van der Waals surface area contributed by atoms with Crippen molar-refractivity contribution < 1.29 is 24.2 Å². The van der Waals surface area contributed by atoms with Gasteiger partial charge in [-0.3, -0.25) is 14.4 Å². The monoisotopic (exact) mass is 362 g/mol. The summed E-state index contributed by atoms with van der Waals surface area (Å²) >= 11 is 0. The van der Waals surface area contributed by atoms with Gasteiger partial charge < -0.3 is 20.1 Å². The average molecular weight is 362 g/mol. The highest BCUT2D eigenvalue weighted by Gasteiger charge is 2.32. The molecule has 0 aliphatic carbocycles. The van der Waals surface area contributed by atoms with Crippen molar-refractivity contribution in [2.45, 2.75) is 51.6 Å². The number of hydrogen-bond acceptors (Lipinski definition) is 4. The number of rotatable bonds is 8. The van der Waals surface area contributed by atoms with Crippen molar-refractivity contribution in [1.82, 2.24) is 10.2 Å². The van der Waals surface area contributed by atoms with Crippen LogP contribution in [0.4, 0.5) is 0 Å². The van der Waals surface area contributed by atoms with Gasteiger partial charge >= 0.3 is 5.97 Å². The number of nitrogens with zero attached hydrogens (tertiary/aromatic N) is 1. The molecule has 2 unspecified atom stereocenters. The van der Waals surface area contributed by atoms with Crippen molar-refractivity contribution in [3.63, 3.8) is 0 Å². The molecular formula is C19H26N2O5. The summed E-state index contributed by atoms with van der Waals surface area (Å²) in [4.78, 5) is 37.1. The Bertz CT molecular complexity index is 661. The van der Waals surface area contributed by atoms with E-state index in [4.69, 9.17) is 9.84 Å². The van der Waals surface area contributed by atoms with Gasteiger partial charge in [-0.2, -0.15) is 0 Å². The maximum atomic E-state index is 12.8. The number of benzene rings is 1. The largest absolute Gasteiger partial charge is 0.494 e. The number of carboxylic acids is 1. The summed E-state index contributed by atoms with van der Waals surface area (Å²) < 4.78 is 5.63. The zero-order valence-corrected chi connectivity index (χ0v) is 15.2. The van der Waals surface area contributed by atoms with E-state index in [0.717, 1.165) is 12.0 Å². The molecule has 2 N–H and O–H groups in total. The molecule has 1 heterocycles. The van der Waals surface area contributed by atoms with Crippen molar-refractivity contribution in [3.8, 4) is 5.75 Å². The van der Waals surface area contributed by atoms with Crippen molar-refractivity contribution in [1.29, 1.82) is 0 Å². The molecule has 7 heteroatoms. The number of carboxylic acid groups (broad SMARTS) is 1. The van der Waals surface area contributed by atoms with E-state index in [2.05, 4.69) is 5.32 Å². The molecule has 1 aromatic carbocycles. The van der Waals surface area contributed by atoms with Crippen molar-refractivity contribution in [2.75, 3.05) is 13.2 Å². The summed E-state index contributed by atoms with van der Waals surface area (Å²) in [5.41, 5.74) is 0.742. The summed E-state index contributed by atoms with van der Waals surface area (Å²) in [5, 5.41) is 11.9. The summed E-state index contributed by atoms with van der Waals surface area (Å²) in [6, 6.07) is 6.51. The fourth-order valence-electron chi connectivity index (χ4n) is 3.41. The number of nitrogens with one attached hydrogen (secondary N) is 1. The molecule has 2 rings (SSSR count). The zero-order valence-electron chi connectivity index (χ0n) is 15.2. The van der Waals surface area contributed by atoms with Gasteiger partial charge in [0.2, 0.25) is 11.8 Å². The van der Waals surface area contributed by atoms with E-state index in [0.29, 0.717) is 25.3 Å². The zero-order chi connectivity index (χ0) is 19.1. The molecule has 1 aliphatic heterocycles. The first-order valence-electron chi connectivity index (χ1n) is 8.92. The molecule has 1 fully saturated rings. The lowest BCUT2D eigenvalue weighted by atomic mass is 10.0. The number of ether oxygens (including phenoxy) is 1. The summed E-state index contributed by atoms with van der Waals surface area (Å²) in [6.45, 7) is 4.31. The predicted molar refractivity (Wildman–Crippen MR) is 95.8 cm³/mol. The molecule has 2 amide bonds. The highest BCUT2D eigenvalue weighted by molar-refractivity contribution is 5.80. The van der Waals surface area contributed by atoms with E-state index in [-0.39, 0.29) is 30.7 Å². The first-order valence-corrected chi connectivity index (χ1v) is 8.92. The first-order chi connectivity index (χ1) is 12.4. The number of hydrogen-bond donors (Lipinski definition) is 2. The van der Waals surface area contributed by atoms with Crippen LogP contribution in [0.3, 0.4) is 0 Å². The topological polar surface area (TPSA) is 95.9 Å². The van der Waals surface area contributed by atoms with E-state index >= 15 is 0 Å². The van der Waals surface area contributed by atoms with Gasteiger partial charge in [0, 0.05) is 25.1 Å². The minimum absolute atomic E-state index is 0.0495. The number of para-hydroxylation sites is 1. The molecule has 142 valence electrons. The summed E-state index contributed by atoms with van der Waals surface area (Å²) in [6.07, 6.45) is 1.51. The van der Waals surface area contributed by atoms with Crippen molar-refractivity contribution in [2.24, 2.45) is 0 Å². The molecule has 0 radical (unpaired) electrons. The van der Waals surface area contributed by atoms with Crippen LogP contribution in [-0.2, 0) is 14.4 Å². The van der Waals surface area contributed by atoms with E-state index in [9.17, 15) is 14.4 Å². The molecule has 0 bridgehead atoms. The number of amides is 2. The Morgan fingerprint density at radius 3 is 2.73 bits per heavy atom. The van der Waals surface area contributed by atoms with Crippen LogP contribution in [0.2, 0.25) is 0 Å². The Morgan fingerprint density at radius 1 is 1.35 bits per heavy atom. The Balaban J connectivity index is 2.19. The van der Waals surface area contributed by atoms with Crippen molar-refractivity contribution >= 4 is 17.8 Å². The van der Waals surface area contributed by atoms with Crippen LogP contribution in [0.1, 0.15) is 51.1 Å². The van der Waals surface area contributed by atoms with Crippen LogP contribution in [-0.4, -0.2) is 47.0 Å². The quantitative estimate of drug-likeness (QED) is 0.738. The normalized spacial score (nSPS) is 17.6. The molecule has 0 aromatic heterocycles. The van der Waals surface area contributed by atoms with Crippen molar-refractivity contribution in [3.05, 3.63) is 29.8 Å². The van der Waals surface area contributed by atoms with Crippen LogP contribution in [0.15, 0.2) is 24.3 Å². The molecule has 0 saturated carbocycles. The third-order valence-corrected chi connectivity index (χ3v) is 4.46. The highest BCUT2D eigenvalue weighted by Crippen LogP contribution is 2.29. The lowest BCUT2D eigenvalue weighted by Gasteiger charge is -2.27. The lowest BCUT2D eigenvalue weighted by molar-refractivity contribution is -0.140. The highest BCUT2D eigenvalue weighted by atomic mass is 16.5. The maximum absolute atomic E-state index is 12.8. The number of carbonyl (C=O) groups is 3. The van der Waals surface area contributed by atoms with Crippen LogP contribution < -0.4 is 10.1 Å². The van der Waals surface area contributed by atoms with Gasteiger partial charge in [-0.15, -0.1) is 0 Å². The molecule has 7 nitrogen and oxygen atoms in total. The number of carbonyl (C=O) groups excluding carboxylic acids is 2. The second-order valence-electron chi connectivity index (χ2n) is 6.41. The van der Waals surface area contributed by atoms with Gasteiger partial charge in [-0.25, -0.2) is 0 Å². The Hall–Kier alpha value is -2.57. The van der Waals surface area contributed by atoms with E-state index in [1.807, 2.05) is 25.1 Å². The Kier molecular flexibility index (Phi) is 7.00. The van der Waals surface area contributed by atoms with E-state index < -0.39 is 12.0 Å². The van der Waals surface area contributed by atoms with Gasteiger partial charge in [0.1, 0.15) is 5.75 Å². The van der Waals surface area contributed by atoms with Crippen LogP contribution in [0.5, 0.6) is 5.75 Å². The van der Waals surface area contributed by atoms with Gasteiger partial charge in [0.15, 0.2) is 0 Å². The second-order valence-corrected chi connectivity index (χ2v) is 6.41. The van der Waals surface area contributed by atoms with E-state index in [1.54, 1.807) is 11.0 Å². The fourth-order valence-corrected chi connectivity index (χ4v) is 3.41. The van der Waals surface area contributed by atoms with Crippen LogP contribution in [0, 0.1) is 0 Å². The third kappa shape index (κ3) is 5.21. The predicted octanol–water partition coefficient (Wildman–Crippen LogP) is 2.12. The second kappa shape index (κ2) is 9.22. The van der Waals surface area contributed by atoms with Gasteiger partial charge in [-0.1, -0.05) is 18.2 Å². The molecule has 1 saturated heterocycles. The SMILES string of the molecule is CCOc1ccccc1C(CC(=O)N1CCCC1CC(=O)O)NC(C)=O. The van der Waals surface area contributed by atoms with Gasteiger partial charge in [0.05, 0.1) is 25.5 Å². The molecule has 0 spiro atoms. The van der Waals surface area contributed by atoms with Crippen LogP contribution >= 0.6 is 0 Å². The minimum Gasteiger partial charge on any atom is -0.494 e. The summed E-state index contributed by atoms with van der Waals surface area (Å²) in [5.74, 6) is -0.670. The smallest absolute Gasteiger partial charge is 0.305 e. The molecule has 2 atom stereocenters. The number of aliphatic carboxylic acids is 1. The molecular weight excluding hydrogens is 336 g/mol.